The molecule has 0 saturated heterocycles. The average molecular weight is 293 g/mol. The Morgan fingerprint density at radius 1 is 1.25 bits per heavy atom. The number of fused-ring (bicyclic) bond motifs is 1. The van der Waals surface area contributed by atoms with Crippen molar-refractivity contribution in [2.24, 2.45) is 0 Å². The molecule has 0 fully saturated rings. The Hall–Kier alpha value is -1.16. The molecule has 3 nitrogen and oxygen atoms in total. The molecule has 0 aliphatic rings. The van der Waals surface area contributed by atoms with E-state index in [2.05, 4.69) is 17.2 Å². The number of aromatic nitrogens is 1. The molecule has 1 aromatic carbocycles. The maximum atomic E-state index is 6.18. The number of hydrogen-bond donors (Lipinski definition) is 1. The third kappa shape index (κ3) is 4.17. The molecule has 0 radical (unpaired) electrons. The van der Waals surface area contributed by atoms with Crippen LogP contribution in [0.4, 0.5) is 0 Å². The number of nitrogens with one attached hydrogen (secondary N) is 1. The quantitative estimate of drug-likeness (QED) is 0.752. The van der Waals surface area contributed by atoms with Crippen LogP contribution in [0.15, 0.2) is 30.5 Å². The van der Waals surface area contributed by atoms with Crippen molar-refractivity contribution >= 4 is 22.5 Å². The SMILES string of the molecule is CCCOCCCNCc1ccc(Cl)c2cccnc12. The highest BCUT2D eigenvalue weighted by molar-refractivity contribution is 6.35. The van der Waals surface area contributed by atoms with E-state index in [9.17, 15) is 0 Å². The van der Waals surface area contributed by atoms with E-state index in [1.54, 1.807) is 6.20 Å². The van der Waals surface area contributed by atoms with Crippen LogP contribution in [0.2, 0.25) is 5.02 Å². The minimum Gasteiger partial charge on any atom is -0.381 e. The van der Waals surface area contributed by atoms with Gasteiger partial charge in [0, 0.05) is 36.4 Å². The highest BCUT2D eigenvalue weighted by Gasteiger charge is 2.04. The smallest absolute Gasteiger partial charge is 0.0761 e. The average Bonchev–Trinajstić information content (AvgIpc) is 2.49. The van der Waals surface area contributed by atoms with E-state index in [4.69, 9.17) is 16.3 Å². The van der Waals surface area contributed by atoms with Crippen molar-refractivity contribution in [3.63, 3.8) is 0 Å². The second-order valence-electron chi connectivity index (χ2n) is 4.75. The summed E-state index contributed by atoms with van der Waals surface area (Å²) in [6.45, 7) is 5.54. The van der Waals surface area contributed by atoms with Gasteiger partial charge in [-0.2, -0.15) is 0 Å². The number of nitrogens with zero attached hydrogens (tertiary/aromatic N) is 1. The molecule has 0 saturated carbocycles. The van der Waals surface area contributed by atoms with Gasteiger partial charge < -0.3 is 10.1 Å². The van der Waals surface area contributed by atoms with Gasteiger partial charge in [0.05, 0.1) is 5.52 Å². The Kier molecular flexibility index (Phi) is 6.25. The van der Waals surface area contributed by atoms with Crippen molar-refractivity contribution < 1.29 is 4.74 Å². The number of halogens is 1. The lowest BCUT2D eigenvalue weighted by atomic mass is 10.1. The van der Waals surface area contributed by atoms with Gasteiger partial charge in [-0.15, -0.1) is 0 Å². The second-order valence-corrected chi connectivity index (χ2v) is 5.16. The fourth-order valence-corrected chi connectivity index (χ4v) is 2.32. The molecule has 2 aromatic rings. The fraction of sp³-hybridized carbons (Fsp3) is 0.438. The van der Waals surface area contributed by atoms with Gasteiger partial charge in [0.25, 0.3) is 0 Å². The van der Waals surface area contributed by atoms with E-state index in [0.717, 1.165) is 55.1 Å². The van der Waals surface area contributed by atoms with Crippen molar-refractivity contribution in [1.29, 1.82) is 0 Å². The zero-order valence-electron chi connectivity index (χ0n) is 11.9. The molecule has 20 heavy (non-hydrogen) atoms. The van der Waals surface area contributed by atoms with Gasteiger partial charge in [-0.1, -0.05) is 24.6 Å². The van der Waals surface area contributed by atoms with E-state index in [0.29, 0.717) is 0 Å². The lowest BCUT2D eigenvalue weighted by Gasteiger charge is -2.09. The molecule has 0 atom stereocenters. The van der Waals surface area contributed by atoms with E-state index in [1.165, 1.54) is 5.56 Å². The normalized spacial score (nSPS) is 11.1. The van der Waals surface area contributed by atoms with Gasteiger partial charge in [-0.3, -0.25) is 4.98 Å². The maximum absolute atomic E-state index is 6.18. The third-order valence-electron chi connectivity index (χ3n) is 3.11. The van der Waals surface area contributed by atoms with Crippen molar-refractivity contribution in [3.05, 3.63) is 41.0 Å². The molecular weight excluding hydrogens is 272 g/mol. The molecule has 0 unspecified atom stereocenters. The first kappa shape index (κ1) is 15.2. The van der Waals surface area contributed by atoms with Crippen molar-refractivity contribution in [2.75, 3.05) is 19.8 Å². The summed E-state index contributed by atoms with van der Waals surface area (Å²) in [6.07, 6.45) is 3.91. The summed E-state index contributed by atoms with van der Waals surface area (Å²) < 4.78 is 5.45. The van der Waals surface area contributed by atoms with Crippen LogP contribution in [0.3, 0.4) is 0 Å². The number of pyridine rings is 1. The molecule has 108 valence electrons. The first-order valence-electron chi connectivity index (χ1n) is 7.13. The Morgan fingerprint density at radius 3 is 3.00 bits per heavy atom. The Labute approximate surface area is 125 Å². The molecule has 0 bridgehead atoms. The highest BCUT2D eigenvalue weighted by Crippen LogP contribution is 2.24. The number of rotatable bonds is 8. The minimum absolute atomic E-state index is 0.754. The summed E-state index contributed by atoms with van der Waals surface area (Å²) in [5.41, 5.74) is 2.16. The van der Waals surface area contributed by atoms with Crippen molar-refractivity contribution in [2.45, 2.75) is 26.3 Å². The van der Waals surface area contributed by atoms with Gasteiger partial charge >= 0.3 is 0 Å². The van der Waals surface area contributed by atoms with Crippen LogP contribution in [0.5, 0.6) is 0 Å². The van der Waals surface area contributed by atoms with Crippen molar-refractivity contribution in [1.82, 2.24) is 10.3 Å². The van der Waals surface area contributed by atoms with E-state index < -0.39 is 0 Å². The summed E-state index contributed by atoms with van der Waals surface area (Å²) in [7, 11) is 0. The van der Waals surface area contributed by atoms with Gasteiger partial charge in [0.2, 0.25) is 0 Å². The van der Waals surface area contributed by atoms with Crippen LogP contribution in [-0.4, -0.2) is 24.7 Å². The van der Waals surface area contributed by atoms with Gasteiger partial charge in [0.1, 0.15) is 0 Å². The predicted octanol–water partition coefficient (Wildman–Crippen LogP) is 3.79. The van der Waals surface area contributed by atoms with Crippen LogP contribution in [-0.2, 0) is 11.3 Å². The molecule has 4 heteroatoms. The molecule has 0 aliphatic heterocycles. The van der Waals surface area contributed by atoms with Gasteiger partial charge in [-0.05, 0) is 43.1 Å². The lowest BCUT2D eigenvalue weighted by Crippen LogP contribution is -2.16. The summed E-state index contributed by atoms with van der Waals surface area (Å²) in [6, 6.07) is 7.90. The van der Waals surface area contributed by atoms with Gasteiger partial charge in [-0.25, -0.2) is 0 Å². The highest BCUT2D eigenvalue weighted by atomic mass is 35.5. The monoisotopic (exact) mass is 292 g/mol. The van der Waals surface area contributed by atoms with Crippen LogP contribution in [0.25, 0.3) is 10.9 Å². The van der Waals surface area contributed by atoms with Crippen LogP contribution >= 0.6 is 11.6 Å². The van der Waals surface area contributed by atoms with Crippen LogP contribution in [0, 0.1) is 0 Å². The zero-order valence-corrected chi connectivity index (χ0v) is 12.6. The molecule has 2 rings (SSSR count). The summed E-state index contributed by atoms with van der Waals surface area (Å²) in [5, 5.41) is 5.20. The Morgan fingerprint density at radius 2 is 2.15 bits per heavy atom. The number of hydrogen-bond acceptors (Lipinski definition) is 3. The molecule has 1 heterocycles. The molecule has 1 aromatic heterocycles. The molecular formula is C16H21ClN2O. The van der Waals surface area contributed by atoms with E-state index in [-0.39, 0.29) is 0 Å². The maximum Gasteiger partial charge on any atom is 0.0761 e. The molecule has 1 N–H and O–H groups in total. The number of benzene rings is 1. The largest absolute Gasteiger partial charge is 0.381 e. The summed E-state index contributed by atoms with van der Waals surface area (Å²) >= 11 is 6.18. The fourth-order valence-electron chi connectivity index (χ4n) is 2.11. The molecule has 0 spiro atoms. The Bertz CT molecular complexity index is 545. The minimum atomic E-state index is 0.754. The topological polar surface area (TPSA) is 34.1 Å². The third-order valence-corrected chi connectivity index (χ3v) is 3.44. The first-order chi connectivity index (χ1) is 9.83. The summed E-state index contributed by atoms with van der Waals surface area (Å²) in [5.74, 6) is 0. The Balaban J connectivity index is 1.86. The standard InChI is InChI=1S/C16H21ClN2O/c1-2-10-20-11-4-8-18-12-13-6-7-15(17)14-5-3-9-19-16(13)14/h3,5-7,9,18H,2,4,8,10-12H2,1H3. The van der Waals surface area contributed by atoms with E-state index in [1.807, 2.05) is 24.3 Å². The first-order valence-corrected chi connectivity index (χ1v) is 7.51. The molecule has 0 amide bonds. The van der Waals surface area contributed by atoms with Crippen LogP contribution in [0.1, 0.15) is 25.3 Å². The molecule has 0 aliphatic carbocycles. The van der Waals surface area contributed by atoms with Gasteiger partial charge in [0.15, 0.2) is 0 Å². The summed E-state index contributed by atoms with van der Waals surface area (Å²) in [4.78, 5) is 4.43. The zero-order chi connectivity index (χ0) is 14.2. The second kappa shape index (κ2) is 8.20. The van der Waals surface area contributed by atoms with Crippen molar-refractivity contribution in [3.8, 4) is 0 Å². The number of ether oxygens (including phenoxy) is 1. The van der Waals surface area contributed by atoms with E-state index >= 15 is 0 Å². The lowest BCUT2D eigenvalue weighted by molar-refractivity contribution is 0.132. The van der Waals surface area contributed by atoms with Crippen LogP contribution < -0.4 is 5.32 Å². The predicted molar refractivity (Wildman–Crippen MR) is 84.2 cm³/mol.